The van der Waals surface area contributed by atoms with E-state index in [4.69, 9.17) is 0 Å². The van der Waals surface area contributed by atoms with E-state index in [0.717, 1.165) is 23.7 Å². The highest BCUT2D eigenvalue weighted by molar-refractivity contribution is 4.90. The van der Waals surface area contributed by atoms with Crippen LogP contribution >= 0.6 is 0 Å². The normalized spacial score (nSPS) is 37.2. The minimum atomic E-state index is 0.619. The van der Waals surface area contributed by atoms with E-state index >= 15 is 0 Å². The standard InChI is InChI=1S/C20H36/c1-20(2,18-10-4-3-5-11-18)19-14-12-16-8-6-7-9-17(16)13-15-19/h16-19H,3-15H2,1-2H3. The van der Waals surface area contributed by atoms with Gasteiger partial charge in [-0.1, -0.05) is 58.8 Å². The van der Waals surface area contributed by atoms with E-state index in [1.165, 1.54) is 44.9 Å². The van der Waals surface area contributed by atoms with Crippen molar-refractivity contribution in [2.75, 3.05) is 0 Å². The molecule has 2 atom stereocenters. The molecule has 116 valence electrons. The van der Waals surface area contributed by atoms with Gasteiger partial charge in [-0.05, 0) is 67.6 Å². The highest BCUT2D eigenvalue weighted by atomic mass is 14.4. The van der Waals surface area contributed by atoms with Crippen LogP contribution in [0.15, 0.2) is 0 Å². The Bertz CT molecular complexity index is 281. The highest BCUT2D eigenvalue weighted by Gasteiger charge is 2.40. The second-order valence-electron chi connectivity index (χ2n) is 8.81. The molecule has 0 saturated heterocycles. The molecule has 0 aromatic carbocycles. The Morgan fingerprint density at radius 3 is 1.50 bits per heavy atom. The van der Waals surface area contributed by atoms with Crippen LogP contribution in [0.3, 0.4) is 0 Å². The van der Waals surface area contributed by atoms with Crippen molar-refractivity contribution < 1.29 is 0 Å². The Hall–Kier alpha value is 0. The van der Waals surface area contributed by atoms with Crippen molar-refractivity contribution in [1.82, 2.24) is 0 Å². The van der Waals surface area contributed by atoms with Crippen molar-refractivity contribution in [3.8, 4) is 0 Å². The fourth-order valence-corrected chi connectivity index (χ4v) is 5.94. The SMILES string of the molecule is CC(C)(C1CCCCC1)C1CCC2CCCCC2CC1. The Kier molecular flexibility index (Phi) is 4.78. The first-order valence-corrected chi connectivity index (χ1v) is 9.68. The first-order valence-electron chi connectivity index (χ1n) is 9.68. The lowest BCUT2D eigenvalue weighted by atomic mass is 9.62. The van der Waals surface area contributed by atoms with Crippen LogP contribution in [0.2, 0.25) is 0 Å². The predicted molar refractivity (Wildman–Crippen MR) is 87.8 cm³/mol. The predicted octanol–water partition coefficient (Wildman–Crippen LogP) is 6.59. The summed E-state index contributed by atoms with van der Waals surface area (Å²) in [6.07, 6.45) is 19.9. The summed E-state index contributed by atoms with van der Waals surface area (Å²) in [5, 5.41) is 0. The summed E-state index contributed by atoms with van der Waals surface area (Å²) in [7, 11) is 0. The van der Waals surface area contributed by atoms with Crippen LogP contribution < -0.4 is 0 Å². The second kappa shape index (κ2) is 6.41. The number of hydrogen-bond acceptors (Lipinski definition) is 0. The molecule has 3 fully saturated rings. The lowest BCUT2D eigenvalue weighted by Gasteiger charge is -2.43. The van der Waals surface area contributed by atoms with E-state index < -0.39 is 0 Å². The molecule has 2 unspecified atom stereocenters. The first-order chi connectivity index (χ1) is 9.68. The molecule has 0 heteroatoms. The van der Waals surface area contributed by atoms with E-state index in [1.807, 2.05) is 0 Å². The fourth-order valence-electron chi connectivity index (χ4n) is 5.94. The monoisotopic (exact) mass is 276 g/mol. The second-order valence-corrected chi connectivity index (χ2v) is 8.81. The maximum absolute atomic E-state index is 2.63. The number of fused-ring (bicyclic) bond motifs is 1. The molecule has 3 rings (SSSR count). The van der Waals surface area contributed by atoms with Gasteiger partial charge in [0.2, 0.25) is 0 Å². The van der Waals surface area contributed by atoms with Crippen LogP contribution in [0.25, 0.3) is 0 Å². The van der Waals surface area contributed by atoms with E-state index in [2.05, 4.69) is 13.8 Å². The van der Waals surface area contributed by atoms with Crippen LogP contribution in [0.4, 0.5) is 0 Å². The summed E-state index contributed by atoms with van der Waals surface area (Å²) in [6, 6.07) is 0. The molecule has 0 N–H and O–H groups in total. The van der Waals surface area contributed by atoms with Crippen LogP contribution in [-0.4, -0.2) is 0 Å². The fraction of sp³-hybridized carbons (Fsp3) is 1.00. The summed E-state index contributed by atoms with van der Waals surface area (Å²) in [5.41, 5.74) is 0.619. The molecule has 0 heterocycles. The quantitative estimate of drug-likeness (QED) is 0.533. The minimum Gasteiger partial charge on any atom is -0.0594 e. The van der Waals surface area contributed by atoms with Gasteiger partial charge in [-0.2, -0.15) is 0 Å². The maximum atomic E-state index is 2.63. The van der Waals surface area contributed by atoms with Crippen LogP contribution in [0, 0.1) is 29.1 Å². The molecule has 0 amide bonds. The largest absolute Gasteiger partial charge is 0.0594 e. The molecule has 3 aliphatic carbocycles. The topological polar surface area (TPSA) is 0 Å². The van der Waals surface area contributed by atoms with Gasteiger partial charge in [-0.3, -0.25) is 0 Å². The van der Waals surface area contributed by atoms with Crippen LogP contribution in [-0.2, 0) is 0 Å². The highest BCUT2D eigenvalue weighted by Crippen LogP contribution is 2.50. The molecule has 0 aromatic rings. The molecule has 3 saturated carbocycles. The zero-order valence-corrected chi connectivity index (χ0v) is 14.0. The minimum absolute atomic E-state index is 0.619. The number of rotatable bonds is 2. The van der Waals surface area contributed by atoms with Crippen molar-refractivity contribution >= 4 is 0 Å². The van der Waals surface area contributed by atoms with E-state index in [9.17, 15) is 0 Å². The molecule has 0 aliphatic heterocycles. The molecule has 0 nitrogen and oxygen atoms in total. The maximum Gasteiger partial charge on any atom is -0.0298 e. The van der Waals surface area contributed by atoms with Crippen molar-refractivity contribution in [3.63, 3.8) is 0 Å². The molecule has 0 spiro atoms. The zero-order valence-electron chi connectivity index (χ0n) is 14.0. The van der Waals surface area contributed by atoms with E-state index in [1.54, 1.807) is 38.5 Å². The summed E-state index contributed by atoms with van der Waals surface area (Å²) in [5.74, 6) is 4.27. The van der Waals surface area contributed by atoms with Gasteiger partial charge in [0.1, 0.15) is 0 Å². The molecule has 3 aliphatic rings. The summed E-state index contributed by atoms with van der Waals surface area (Å²) < 4.78 is 0. The summed E-state index contributed by atoms with van der Waals surface area (Å²) >= 11 is 0. The van der Waals surface area contributed by atoms with Crippen molar-refractivity contribution in [3.05, 3.63) is 0 Å². The van der Waals surface area contributed by atoms with E-state index in [-0.39, 0.29) is 0 Å². The van der Waals surface area contributed by atoms with Crippen molar-refractivity contribution in [1.29, 1.82) is 0 Å². The van der Waals surface area contributed by atoms with Gasteiger partial charge >= 0.3 is 0 Å². The average molecular weight is 277 g/mol. The Morgan fingerprint density at radius 1 is 0.500 bits per heavy atom. The van der Waals surface area contributed by atoms with Gasteiger partial charge in [0.25, 0.3) is 0 Å². The average Bonchev–Trinajstić information content (AvgIpc) is 2.71. The molecule has 0 aromatic heterocycles. The van der Waals surface area contributed by atoms with Gasteiger partial charge in [0.05, 0.1) is 0 Å². The van der Waals surface area contributed by atoms with Gasteiger partial charge in [-0.15, -0.1) is 0 Å². The molecule has 20 heavy (non-hydrogen) atoms. The molecule has 0 bridgehead atoms. The van der Waals surface area contributed by atoms with Gasteiger partial charge in [0.15, 0.2) is 0 Å². The van der Waals surface area contributed by atoms with Crippen molar-refractivity contribution in [2.24, 2.45) is 29.1 Å². The van der Waals surface area contributed by atoms with E-state index in [0.29, 0.717) is 5.41 Å². The van der Waals surface area contributed by atoms with Crippen LogP contribution in [0.5, 0.6) is 0 Å². The third-order valence-electron chi connectivity index (χ3n) is 7.55. The van der Waals surface area contributed by atoms with Crippen LogP contribution in [0.1, 0.15) is 97.3 Å². The first kappa shape index (κ1) is 14.9. The Balaban J connectivity index is 1.63. The Morgan fingerprint density at radius 2 is 0.950 bits per heavy atom. The lowest BCUT2D eigenvalue weighted by molar-refractivity contribution is 0.0715. The third kappa shape index (κ3) is 3.09. The van der Waals surface area contributed by atoms with Gasteiger partial charge in [0, 0.05) is 0 Å². The molecule has 0 radical (unpaired) electrons. The van der Waals surface area contributed by atoms with Gasteiger partial charge < -0.3 is 0 Å². The zero-order chi connectivity index (χ0) is 14.0. The summed E-state index contributed by atoms with van der Waals surface area (Å²) in [6.45, 7) is 5.26. The van der Waals surface area contributed by atoms with Crippen molar-refractivity contribution in [2.45, 2.75) is 97.3 Å². The third-order valence-corrected chi connectivity index (χ3v) is 7.55. The number of hydrogen-bond donors (Lipinski definition) is 0. The summed E-state index contributed by atoms with van der Waals surface area (Å²) in [4.78, 5) is 0. The molecular weight excluding hydrogens is 240 g/mol. The van der Waals surface area contributed by atoms with Gasteiger partial charge in [-0.25, -0.2) is 0 Å². The lowest BCUT2D eigenvalue weighted by Crippen LogP contribution is -2.33. The smallest absolute Gasteiger partial charge is 0.0298 e. The Labute approximate surface area is 127 Å². The molecular formula is C20H36.